The molecule has 7 heteroatoms. The van der Waals surface area contributed by atoms with E-state index in [0.29, 0.717) is 25.6 Å². The van der Waals surface area contributed by atoms with Gasteiger partial charge in [0.15, 0.2) is 0 Å². The first kappa shape index (κ1) is 19.1. The van der Waals surface area contributed by atoms with Gasteiger partial charge in [0, 0.05) is 30.8 Å². The van der Waals surface area contributed by atoms with Crippen LogP contribution in [0.2, 0.25) is 0 Å². The Bertz CT molecular complexity index is 614. The summed E-state index contributed by atoms with van der Waals surface area (Å²) in [7, 11) is 0. The second-order valence-corrected chi connectivity index (χ2v) is 6.84. The molecule has 1 aliphatic rings. The lowest BCUT2D eigenvalue weighted by Crippen LogP contribution is -2.41. The molecule has 2 rings (SSSR count). The molecule has 0 radical (unpaired) electrons. The Hall–Kier alpha value is -2.25. The summed E-state index contributed by atoms with van der Waals surface area (Å²) < 4.78 is 10.5. The Labute approximate surface area is 148 Å². The normalized spacial score (nSPS) is 16.0. The van der Waals surface area contributed by atoms with Gasteiger partial charge in [-0.3, -0.25) is 4.90 Å². The molecule has 0 unspecified atom stereocenters. The van der Waals surface area contributed by atoms with Gasteiger partial charge in [0.2, 0.25) is 0 Å². The molecule has 0 bridgehead atoms. The van der Waals surface area contributed by atoms with Gasteiger partial charge < -0.3 is 9.47 Å². The number of carbonyl (C=O) groups is 2. The SMILES string of the molecule is CC(C)(C)OC(=O)/C=C/c1ccc(NC(=O)CN2CCOCC2)[nH+]c1. The molecule has 1 aromatic heterocycles. The van der Waals surface area contributed by atoms with Crippen molar-refractivity contribution in [3.05, 3.63) is 30.0 Å². The first-order chi connectivity index (χ1) is 11.8. The van der Waals surface area contributed by atoms with Gasteiger partial charge in [0.05, 0.1) is 19.4 Å². The molecular formula is C18H26N3O4+. The number of ether oxygens (including phenoxy) is 2. The zero-order valence-corrected chi connectivity index (χ0v) is 15.0. The molecule has 136 valence electrons. The number of aromatic amines is 1. The van der Waals surface area contributed by atoms with E-state index in [9.17, 15) is 9.59 Å². The molecule has 2 N–H and O–H groups in total. The highest BCUT2D eigenvalue weighted by Crippen LogP contribution is 2.09. The van der Waals surface area contributed by atoms with E-state index >= 15 is 0 Å². The topological polar surface area (TPSA) is 82.0 Å². The summed E-state index contributed by atoms with van der Waals surface area (Å²) in [6, 6.07) is 3.56. The van der Waals surface area contributed by atoms with Crippen LogP contribution in [0.4, 0.5) is 5.82 Å². The van der Waals surface area contributed by atoms with E-state index in [1.165, 1.54) is 6.08 Å². The number of nitrogens with zero attached hydrogens (tertiary/aromatic N) is 1. The predicted molar refractivity (Wildman–Crippen MR) is 93.8 cm³/mol. The van der Waals surface area contributed by atoms with Crippen LogP contribution in [0.1, 0.15) is 26.3 Å². The molecule has 0 aliphatic carbocycles. The van der Waals surface area contributed by atoms with E-state index in [0.717, 1.165) is 18.7 Å². The van der Waals surface area contributed by atoms with E-state index in [1.54, 1.807) is 18.3 Å². The number of anilines is 1. The summed E-state index contributed by atoms with van der Waals surface area (Å²) >= 11 is 0. The van der Waals surface area contributed by atoms with Crippen molar-refractivity contribution in [1.29, 1.82) is 0 Å². The Morgan fingerprint density at radius 1 is 1.32 bits per heavy atom. The van der Waals surface area contributed by atoms with E-state index in [2.05, 4.69) is 15.2 Å². The van der Waals surface area contributed by atoms with Crippen molar-refractivity contribution >= 4 is 23.8 Å². The summed E-state index contributed by atoms with van der Waals surface area (Å²) in [6.45, 7) is 8.67. The molecule has 7 nitrogen and oxygen atoms in total. The van der Waals surface area contributed by atoms with Crippen LogP contribution in [0.15, 0.2) is 24.4 Å². The highest BCUT2D eigenvalue weighted by atomic mass is 16.6. The molecule has 0 aromatic carbocycles. The van der Waals surface area contributed by atoms with Gasteiger partial charge in [0.25, 0.3) is 5.82 Å². The second kappa shape index (κ2) is 8.73. The molecule has 0 saturated carbocycles. The number of hydrogen-bond acceptors (Lipinski definition) is 5. The Morgan fingerprint density at radius 2 is 2.04 bits per heavy atom. The average molecular weight is 348 g/mol. The maximum absolute atomic E-state index is 12.0. The minimum absolute atomic E-state index is 0.0739. The Balaban J connectivity index is 1.82. The fraction of sp³-hybridized carbons (Fsp3) is 0.500. The molecule has 1 amide bonds. The van der Waals surface area contributed by atoms with Crippen molar-refractivity contribution in [2.24, 2.45) is 0 Å². The van der Waals surface area contributed by atoms with Crippen molar-refractivity contribution in [1.82, 2.24) is 4.90 Å². The fourth-order valence-corrected chi connectivity index (χ4v) is 2.27. The number of amides is 1. The molecule has 0 atom stereocenters. The first-order valence-corrected chi connectivity index (χ1v) is 8.34. The number of aromatic nitrogens is 1. The first-order valence-electron chi connectivity index (χ1n) is 8.34. The standard InChI is InChI=1S/C18H25N3O4/c1-18(2,3)25-17(23)7-5-14-4-6-15(19-12-14)20-16(22)13-21-8-10-24-11-9-21/h4-7,12H,8-11,13H2,1-3H3,(H,19,20,22)/p+1/b7-5+. The zero-order valence-electron chi connectivity index (χ0n) is 15.0. The van der Waals surface area contributed by atoms with E-state index < -0.39 is 11.6 Å². The summed E-state index contributed by atoms with van der Waals surface area (Å²) in [5.41, 5.74) is 0.291. The van der Waals surface area contributed by atoms with Gasteiger partial charge in [-0.15, -0.1) is 0 Å². The third-order valence-corrected chi connectivity index (χ3v) is 3.40. The van der Waals surface area contributed by atoms with Crippen molar-refractivity contribution in [2.45, 2.75) is 26.4 Å². The molecule has 25 heavy (non-hydrogen) atoms. The largest absolute Gasteiger partial charge is 0.457 e. The van der Waals surface area contributed by atoms with Crippen LogP contribution in [-0.4, -0.2) is 55.2 Å². The number of hydrogen-bond donors (Lipinski definition) is 1. The number of carbonyl (C=O) groups excluding carboxylic acids is 2. The van der Waals surface area contributed by atoms with Crippen LogP contribution in [0, 0.1) is 0 Å². The number of morpholine rings is 1. The zero-order chi connectivity index (χ0) is 18.3. The molecule has 0 spiro atoms. The van der Waals surface area contributed by atoms with Crippen molar-refractivity contribution in [2.75, 3.05) is 38.2 Å². The van der Waals surface area contributed by atoms with E-state index in [4.69, 9.17) is 9.47 Å². The molecule has 1 aliphatic heterocycles. The van der Waals surface area contributed by atoms with Crippen LogP contribution in [0.25, 0.3) is 6.08 Å². The van der Waals surface area contributed by atoms with Crippen molar-refractivity contribution in [3.63, 3.8) is 0 Å². The quantitative estimate of drug-likeness (QED) is 0.637. The highest BCUT2D eigenvalue weighted by molar-refractivity contribution is 5.91. The lowest BCUT2D eigenvalue weighted by Gasteiger charge is -2.24. The van der Waals surface area contributed by atoms with Crippen molar-refractivity contribution in [3.8, 4) is 0 Å². The number of nitrogens with one attached hydrogen (secondary N) is 2. The van der Waals surface area contributed by atoms with Crippen LogP contribution in [0.3, 0.4) is 0 Å². The maximum atomic E-state index is 12.0. The monoisotopic (exact) mass is 348 g/mol. The van der Waals surface area contributed by atoms with E-state index in [-0.39, 0.29) is 5.91 Å². The van der Waals surface area contributed by atoms with Crippen LogP contribution >= 0.6 is 0 Å². The van der Waals surface area contributed by atoms with Gasteiger partial charge in [-0.2, -0.15) is 0 Å². The van der Waals surface area contributed by atoms with Crippen LogP contribution in [-0.2, 0) is 19.1 Å². The number of pyridine rings is 1. The summed E-state index contributed by atoms with van der Waals surface area (Å²) in [6.07, 6.45) is 4.75. The summed E-state index contributed by atoms with van der Waals surface area (Å²) in [5.74, 6) is 0.137. The van der Waals surface area contributed by atoms with Crippen LogP contribution in [0.5, 0.6) is 0 Å². The molecule has 1 fully saturated rings. The van der Waals surface area contributed by atoms with Gasteiger partial charge >= 0.3 is 11.9 Å². The summed E-state index contributed by atoms with van der Waals surface area (Å²) in [5, 5.41) is 2.82. The molecular weight excluding hydrogens is 322 g/mol. The molecule has 1 saturated heterocycles. The van der Waals surface area contributed by atoms with Crippen LogP contribution < -0.4 is 10.3 Å². The van der Waals surface area contributed by atoms with Gasteiger partial charge in [0.1, 0.15) is 12.1 Å². The summed E-state index contributed by atoms with van der Waals surface area (Å²) in [4.78, 5) is 28.7. The number of rotatable bonds is 5. The minimum Gasteiger partial charge on any atom is -0.457 e. The molecule has 2 heterocycles. The number of esters is 1. The minimum atomic E-state index is -0.512. The van der Waals surface area contributed by atoms with Gasteiger partial charge in [-0.25, -0.2) is 19.9 Å². The maximum Gasteiger partial charge on any atom is 0.331 e. The lowest BCUT2D eigenvalue weighted by atomic mass is 10.2. The Morgan fingerprint density at radius 3 is 2.64 bits per heavy atom. The Kier molecular flexibility index (Phi) is 6.66. The van der Waals surface area contributed by atoms with Crippen molar-refractivity contribution < 1.29 is 24.0 Å². The fourth-order valence-electron chi connectivity index (χ4n) is 2.27. The van der Waals surface area contributed by atoms with Gasteiger partial charge in [-0.1, -0.05) is 0 Å². The smallest absolute Gasteiger partial charge is 0.331 e. The predicted octanol–water partition coefficient (Wildman–Crippen LogP) is 1.13. The second-order valence-electron chi connectivity index (χ2n) is 6.84. The lowest BCUT2D eigenvalue weighted by molar-refractivity contribution is -0.360. The third-order valence-electron chi connectivity index (χ3n) is 3.40. The van der Waals surface area contributed by atoms with E-state index in [1.807, 2.05) is 26.8 Å². The number of H-pyrrole nitrogens is 1. The third kappa shape index (κ3) is 7.45. The average Bonchev–Trinajstić information content (AvgIpc) is 2.53. The molecule has 1 aromatic rings. The highest BCUT2D eigenvalue weighted by Gasteiger charge is 2.17. The van der Waals surface area contributed by atoms with Gasteiger partial charge in [-0.05, 0) is 32.9 Å².